The molecule has 1 aromatic rings. The molecule has 1 aliphatic heterocycles. The average Bonchev–Trinajstić information content (AvgIpc) is 2.49. The van der Waals surface area contributed by atoms with Crippen molar-refractivity contribution in [3.63, 3.8) is 0 Å². The Balaban J connectivity index is 1.68. The molecular weight excluding hydrogens is 264 g/mol. The molecule has 118 valence electrons. The highest BCUT2D eigenvalue weighted by molar-refractivity contribution is 5.14. The fraction of sp³-hybridized carbons (Fsp3) is 0.647. The van der Waals surface area contributed by atoms with Crippen LogP contribution in [0.15, 0.2) is 30.3 Å². The lowest BCUT2D eigenvalue weighted by Crippen LogP contribution is -2.46. The fourth-order valence-electron chi connectivity index (χ4n) is 2.94. The second kappa shape index (κ2) is 9.15. The van der Waals surface area contributed by atoms with Crippen LogP contribution < -0.4 is 5.32 Å². The molecular formula is C17H28N2O2. The summed E-state index contributed by atoms with van der Waals surface area (Å²) in [6.45, 7) is 4.58. The molecule has 2 N–H and O–H groups in total. The number of piperidine rings is 1. The van der Waals surface area contributed by atoms with Gasteiger partial charge in [0.2, 0.25) is 0 Å². The van der Waals surface area contributed by atoms with Crippen molar-refractivity contribution in [2.75, 3.05) is 33.4 Å². The molecule has 2 atom stereocenters. The molecule has 4 nitrogen and oxygen atoms in total. The van der Waals surface area contributed by atoms with Crippen LogP contribution in [0.3, 0.4) is 0 Å². The molecule has 1 saturated heterocycles. The number of ether oxygens (including phenoxy) is 1. The van der Waals surface area contributed by atoms with Crippen molar-refractivity contribution < 1.29 is 9.84 Å². The van der Waals surface area contributed by atoms with Gasteiger partial charge in [-0.15, -0.1) is 0 Å². The van der Waals surface area contributed by atoms with E-state index in [0.717, 1.165) is 26.1 Å². The Morgan fingerprint density at radius 1 is 1.38 bits per heavy atom. The van der Waals surface area contributed by atoms with Gasteiger partial charge in [-0.05, 0) is 37.9 Å². The highest BCUT2D eigenvalue weighted by atomic mass is 16.5. The van der Waals surface area contributed by atoms with E-state index in [4.69, 9.17) is 4.74 Å². The van der Waals surface area contributed by atoms with Crippen molar-refractivity contribution in [1.29, 1.82) is 0 Å². The van der Waals surface area contributed by atoms with Crippen LogP contribution in [0.4, 0.5) is 0 Å². The molecule has 0 amide bonds. The number of rotatable bonds is 8. The first kappa shape index (κ1) is 16.4. The topological polar surface area (TPSA) is 44.7 Å². The molecule has 2 unspecified atom stereocenters. The average molecular weight is 292 g/mol. The van der Waals surface area contributed by atoms with Gasteiger partial charge in [-0.2, -0.15) is 0 Å². The maximum atomic E-state index is 9.65. The van der Waals surface area contributed by atoms with Gasteiger partial charge in [-0.3, -0.25) is 4.90 Å². The Labute approximate surface area is 128 Å². The maximum Gasteiger partial charge on any atom is 0.0785 e. The number of hydrogen-bond acceptors (Lipinski definition) is 4. The molecule has 0 aromatic heterocycles. The number of benzene rings is 1. The smallest absolute Gasteiger partial charge is 0.0785 e. The summed E-state index contributed by atoms with van der Waals surface area (Å²) in [6.07, 6.45) is 2.87. The summed E-state index contributed by atoms with van der Waals surface area (Å²) >= 11 is 0. The molecule has 1 heterocycles. The lowest BCUT2D eigenvalue weighted by Gasteiger charge is -2.33. The first-order chi connectivity index (χ1) is 10.3. The van der Waals surface area contributed by atoms with E-state index in [1.807, 2.05) is 0 Å². The van der Waals surface area contributed by atoms with Crippen molar-refractivity contribution in [3.8, 4) is 0 Å². The largest absolute Gasteiger partial charge is 0.391 e. The molecule has 2 rings (SSSR count). The predicted octanol–water partition coefficient (Wildman–Crippen LogP) is 1.64. The third kappa shape index (κ3) is 6.14. The van der Waals surface area contributed by atoms with Crippen molar-refractivity contribution in [2.45, 2.75) is 38.0 Å². The number of methoxy groups -OCH3 is 1. The van der Waals surface area contributed by atoms with Crippen molar-refractivity contribution in [2.24, 2.45) is 0 Å². The second-order valence-electron chi connectivity index (χ2n) is 5.91. The van der Waals surface area contributed by atoms with Crippen LogP contribution >= 0.6 is 0 Å². The Hall–Kier alpha value is -0.940. The lowest BCUT2D eigenvalue weighted by molar-refractivity contribution is 0.0581. The standard InChI is InChI=1S/C17H28N2O2/c1-21-14-17(20)9-10-18-16-8-5-11-19(13-16)12-15-6-3-2-4-7-15/h2-4,6-7,16-18,20H,5,8-14H2,1H3. The minimum Gasteiger partial charge on any atom is -0.391 e. The molecule has 1 aromatic carbocycles. The first-order valence-electron chi connectivity index (χ1n) is 7.94. The molecule has 0 radical (unpaired) electrons. The molecule has 0 bridgehead atoms. The summed E-state index contributed by atoms with van der Waals surface area (Å²) in [5, 5.41) is 13.2. The van der Waals surface area contributed by atoms with Gasteiger partial charge in [0.05, 0.1) is 12.7 Å². The van der Waals surface area contributed by atoms with E-state index in [2.05, 4.69) is 40.5 Å². The summed E-state index contributed by atoms with van der Waals surface area (Å²) in [6, 6.07) is 11.2. The Morgan fingerprint density at radius 3 is 2.95 bits per heavy atom. The molecule has 0 spiro atoms. The molecule has 4 heteroatoms. The van der Waals surface area contributed by atoms with Gasteiger partial charge in [-0.25, -0.2) is 0 Å². The van der Waals surface area contributed by atoms with Crippen molar-refractivity contribution >= 4 is 0 Å². The molecule has 1 aliphatic rings. The van der Waals surface area contributed by atoms with Crippen LogP contribution in [0.25, 0.3) is 0 Å². The van der Waals surface area contributed by atoms with Crippen LogP contribution in [0.2, 0.25) is 0 Å². The summed E-state index contributed by atoms with van der Waals surface area (Å²) in [7, 11) is 1.62. The predicted molar refractivity (Wildman–Crippen MR) is 85.2 cm³/mol. The normalized spacial score (nSPS) is 21.3. The lowest BCUT2D eigenvalue weighted by atomic mass is 10.0. The second-order valence-corrected chi connectivity index (χ2v) is 5.91. The SMILES string of the molecule is COCC(O)CCNC1CCCN(Cc2ccccc2)C1. The first-order valence-corrected chi connectivity index (χ1v) is 7.94. The van der Waals surface area contributed by atoms with Gasteiger partial charge in [0, 0.05) is 26.2 Å². The van der Waals surface area contributed by atoms with Crippen LogP contribution in [0.5, 0.6) is 0 Å². The Bertz CT molecular complexity index is 386. The van der Waals surface area contributed by atoms with Crippen LogP contribution in [0.1, 0.15) is 24.8 Å². The van der Waals surface area contributed by atoms with Crippen molar-refractivity contribution in [1.82, 2.24) is 10.2 Å². The number of aliphatic hydroxyl groups excluding tert-OH is 1. The van der Waals surface area contributed by atoms with E-state index < -0.39 is 0 Å². The van der Waals surface area contributed by atoms with E-state index in [0.29, 0.717) is 12.6 Å². The maximum absolute atomic E-state index is 9.65. The van der Waals surface area contributed by atoms with Crippen LogP contribution in [-0.2, 0) is 11.3 Å². The van der Waals surface area contributed by atoms with Gasteiger partial charge < -0.3 is 15.2 Å². The number of aliphatic hydroxyl groups is 1. The molecule has 0 aliphatic carbocycles. The van der Waals surface area contributed by atoms with Crippen LogP contribution in [-0.4, -0.2) is 55.5 Å². The molecule has 1 fully saturated rings. The fourth-order valence-corrected chi connectivity index (χ4v) is 2.94. The third-order valence-corrected chi connectivity index (χ3v) is 4.02. The quantitative estimate of drug-likeness (QED) is 0.764. The minimum atomic E-state index is -0.355. The summed E-state index contributed by atoms with van der Waals surface area (Å²) < 4.78 is 4.94. The molecule has 21 heavy (non-hydrogen) atoms. The number of nitrogens with zero attached hydrogens (tertiary/aromatic N) is 1. The van der Waals surface area contributed by atoms with Gasteiger partial charge in [0.15, 0.2) is 0 Å². The molecule has 0 saturated carbocycles. The van der Waals surface area contributed by atoms with E-state index in [9.17, 15) is 5.11 Å². The van der Waals surface area contributed by atoms with Gasteiger partial charge in [0.25, 0.3) is 0 Å². The van der Waals surface area contributed by atoms with E-state index in [1.165, 1.54) is 24.9 Å². The summed E-state index contributed by atoms with van der Waals surface area (Å²) in [5.74, 6) is 0. The summed E-state index contributed by atoms with van der Waals surface area (Å²) in [4.78, 5) is 2.52. The van der Waals surface area contributed by atoms with Gasteiger partial charge >= 0.3 is 0 Å². The van der Waals surface area contributed by atoms with Gasteiger partial charge in [-0.1, -0.05) is 30.3 Å². The van der Waals surface area contributed by atoms with Gasteiger partial charge in [0.1, 0.15) is 0 Å². The zero-order chi connectivity index (χ0) is 14.9. The highest BCUT2D eigenvalue weighted by Crippen LogP contribution is 2.13. The Morgan fingerprint density at radius 2 is 2.19 bits per heavy atom. The number of nitrogens with one attached hydrogen (secondary N) is 1. The zero-order valence-electron chi connectivity index (χ0n) is 13.0. The minimum absolute atomic E-state index is 0.355. The monoisotopic (exact) mass is 292 g/mol. The van der Waals surface area contributed by atoms with E-state index in [-0.39, 0.29) is 6.10 Å². The van der Waals surface area contributed by atoms with Crippen LogP contribution in [0, 0.1) is 0 Å². The zero-order valence-corrected chi connectivity index (χ0v) is 13.0. The number of hydrogen-bond donors (Lipinski definition) is 2. The summed E-state index contributed by atoms with van der Waals surface area (Å²) in [5.41, 5.74) is 1.38. The van der Waals surface area contributed by atoms with E-state index in [1.54, 1.807) is 7.11 Å². The third-order valence-electron chi connectivity index (χ3n) is 4.02. The van der Waals surface area contributed by atoms with E-state index >= 15 is 0 Å². The van der Waals surface area contributed by atoms with Crippen molar-refractivity contribution in [3.05, 3.63) is 35.9 Å². The highest BCUT2D eigenvalue weighted by Gasteiger charge is 2.19. The Kier molecular flexibility index (Phi) is 7.16. The number of likely N-dealkylation sites (tertiary alicyclic amines) is 1.